The monoisotopic (exact) mass is 336 g/mol. The number of allylic oxidation sites excluding steroid dienone is 4. The number of hydrogen-bond acceptors (Lipinski definition) is 3. The maximum absolute atomic E-state index is 11.4. The predicted molar refractivity (Wildman–Crippen MR) is 94.7 cm³/mol. The highest BCUT2D eigenvalue weighted by Gasteiger charge is 2.16. The maximum atomic E-state index is 11.4. The number of ketones is 1. The van der Waals surface area contributed by atoms with Gasteiger partial charge in [0.1, 0.15) is 0 Å². The molecule has 0 radical (unpaired) electrons. The number of rotatable bonds is 4. The number of halogens is 2. The molecular formula is C17H18Cl2N2O. The van der Waals surface area contributed by atoms with Crippen LogP contribution in [0.5, 0.6) is 0 Å². The van der Waals surface area contributed by atoms with E-state index < -0.39 is 0 Å². The van der Waals surface area contributed by atoms with Crippen molar-refractivity contribution in [2.24, 2.45) is 4.99 Å². The molecule has 1 aliphatic rings. The van der Waals surface area contributed by atoms with E-state index in [0.29, 0.717) is 10.7 Å². The summed E-state index contributed by atoms with van der Waals surface area (Å²) in [6.07, 6.45) is 2.80. The van der Waals surface area contributed by atoms with Crippen LogP contribution in [0.2, 0.25) is 0 Å². The molecule has 0 saturated carbocycles. The Morgan fingerprint density at radius 2 is 1.77 bits per heavy atom. The number of aliphatic imine (C=N–C) groups is 1. The Hall–Kier alpha value is -1.58. The third kappa shape index (κ3) is 3.60. The molecule has 116 valence electrons. The van der Waals surface area contributed by atoms with Gasteiger partial charge in [-0.3, -0.25) is 4.79 Å². The summed E-state index contributed by atoms with van der Waals surface area (Å²) in [7, 11) is 0. The molecule has 0 spiro atoms. The fourth-order valence-electron chi connectivity index (χ4n) is 2.28. The smallest absolute Gasteiger partial charge is 0.198 e. The second-order valence-corrected chi connectivity index (χ2v) is 5.80. The van der Waals surface area contributed by atoms with Crippen LogP contribution >= 0.6 is 23.2 Å². The molecule has 22 heavy (non-hydrogen) atoms. The SMILES string of the molecule is CCN(CC)c1ccc(/N=C2\C=C(Cl)C(=O)C=C2Cl)c(C)c1. The van der Waals surface area contributed by atoms with Crippen LogP contribution in [-0.2, 0) is 4.79 Å². The molecule has 1 aliphatic carbocycles. The first-order valence-electron chi connectivity index (χ1n) is 7.19. The Bertz CT molecular complexity index is 686. The Kier molecular flexibility index (Phi) is 5.43. The van der Waals surface area contributed by atoms with Crippen LogP contribution in [0.3, 0.4) is 0 Å². The largest absolute Gasteiger partial charge is 0.372 e. The Labute approximate surface area is 140 Å². The number of anilines is 1. The fraction of sp³-hybridized carbons (Fsp3) is 0.294. The van der Waals surface area contributed by atoms with E-state index in [-0.39, 0.29) is 10.8 Å². The fourth-order valence-corrected chi connectivity index (χ4v) is 2.64. The molecule has 0 aliphatic heterocycles. The molecule has 5 heteroatoms. The van der Waals surface area contributed by atoms with E-state index in [2.05, 4.69) is 29.8 Å². The van der Waals surface area contributed by atoms with Gasteiger partial charge in [0.2, 0.25) is 0 Å². The van der Waals surface area contributed by atoms with Crippen molar-refractivity contribution in [2.75, 3.05) is 18.0 Å². The molecule has 0 bridgehead atoms. The van der Waals surface area contributed by atoms with E-state index in [4.69, 9.17) is 23.2 Å². The lowest BCUT2D eigenvalue weighted by molar-refractivity contribution is -0.110. The van der Waals surface area contributed by atoms with Crippen molar-refractivity contribution in [3.8, 4) is 0 Å². The zero-order valence-corrected chi connectivity index (χ0v) is 14.4. The van der Waals surface area contributed by atoms with Crippen LogP contribution in [0.15, 0.2) is 45.4 Å². The molecule has 0 amide bonds. The van der Waals surface area contributed by atoms with Gasteiger partial charge < -0.3 is 4.90 Å². The summed E-state index contributed by atoms with van der Waals surface area (Å²) in [5, 5.41) is 0.433. The second-order valence-electron chi connectivity index (χ2n) is 4.99. The molecule has 0 N–H and O–H groups in total. The van der Waals surface area contributed by atoms with Crippen LogP contribution in [0.25, 0.3) is 0 Å². The molecule has 0 saturated heterocycles. The number of aryl methyl sites for hydroxylation is 1. The van der Waals surface area contributed by atoms with Crippen molar-refractivity contribution in [1.29, 1.82) is 0 Å². The molecule has 1 aromatic carbocycles. The zero-order chi connectivity index (χ0) is 16.3. The van der Waals surface area contributed by atoms with Gasteiger partial charge in [0.25, 0.3) is 0 Å². The molecule has 3 nitrogen and oxygen atoms in total. The van der Waals surface area contributed by atoms with Gasteiger partial charge in [-0.1, -0.05) is 23.2 Å². The van der Waals surface area contributed by atoms with Gasteiger partial charge in [-0.2, -0.15) is 0 Å². The average molecular weight is 337 g/mol. The number of carbonyl (C=O) groups excluding carboxylic acids is 1. The summed E-state index contributed by atoms with van der Waals surface area (Å²) in [5.41, 5.74) is 3.53. The third-order valence-electron chi connectivity index (χ3n) is 3.55. The highest BCUT2D eigenvalue weighted by Crippen LogP contribution is 2.27. The Morgan fingerprint density at radius 3 is 2.36 bits per heavy atom. The van der Waals surface area contributed by atoms with Crippen molar-refractivity contribution in [1.82, 2.24) is 0 Å². The first-order valence-corrected chi connectivity index (χ1v) is 7.95. The van der Waals surface area contributed by atoms with Gasteiger partial charge in [-0.25, -0.2) is 4.99 Å². The van der Waals surface area contributed by atoms with Crippen molar-refractivity contribution < 1.29 is 4.79 Å². The Morgan fingerprint density at radius 1 is 1.09 bits per heavy atom. The van der Waals surface area contributed by atoms with Gasteiger partial charge in [-0.15, -0.1) is 0 Å². The van der Waals surface area contributed by atoms with E-state index in [1.165, 1.54) is 17.8 Å². The van der Waals surface area contributed by atoms with E-state index in [0.717, 1.165) is 24.3 Å². The van der Waals surface area contributed by atoms with Gasteiger partial charge >= 0.3 is 0 Å². The van der Waals surface area contributed by atoms with E-state index in [1.54, 1.807) is 0 Å². The summed E-state index contributed by atoms with van der Waals surface area (Å²) < 4.78 is 0. The molecule has 1 aromatic rings. The van der Waals surface area contributed by atoms with Gasteiger partial charge in [0.05, 0.1) is 21.5 Å². The lowest BCUT2D eigenvalue weighted by Crippen LogP contribution is -2.21. The van der Waals surface area contributed by atoms with Crippen molar-refractivity contribution >= 4 is 46.1 Å². The minimum absolute atomic E-state index is 0.126. The average Bonchev–Trinajstić information content (AvgIpc) is 2.48. The van der Waals surface area contributed by atoms with Gasteiger partial charge in [-0.05, 0) is 50.6 Å². The normalized spacial score (nSPS) is 16.6. The second kappa shape index (κ2) is 7.12. The minimum atomic E-state index is -0.292. The van der Waals surface area contributed by atoms with E-state index in [1.807, 2.05) is 19.1 Å². The first-order chi connectivity index (χ1) is 10.5. The highest BCUT2D eigenvalue weighted by molar-refractivity contribution is 6.54. The highest BCUT2D eigenvalue weighted by atomic mass is 35.5. The molecule has 0 heterocycles. The number of hydrogen-bond donors (Lipinski definition) is 0. The van der Waals surface area contributed by atoms with Gasteiger partial charge in [0, 0.05) is 24.9 Å². The maximum Gasteiger partial charge on any atom is 0.198 e. The molecule has 0 atom stereocenters. The molecule has 0 fully saturated rings. The van der Waals surface area contributed by atoms with Crippen molar-refractivity contribution in [3.63, 3.8) is 0 Å². The summed E-state index contributed by atoms with van der Waals surface area (Å²) >= 11 is 11.9. The molecule has 0 unspecified atom stereocenters. The summed E-state index contributed by atoms with van der Waals surface area (Å²) in [6, 6.07) is 6.10. The first kappa shape index (κ1) is 16.8. The van der Waals surface area contributed by atoms with Crippen LogP contribution in [0.4, 0.5) is 11.4 Å². The summed E-state index contributed by atoms with van der Waals surface area (Å²) in [5.74, 6) is -0.292. The lowest BCUT2D eigenvalue weighted by Gasteiger charge is -2.21. The molecule has 2 rings (SSSR count). The predicted octanol–water partition coefficient (Wildman–Crippen LogP) is 4.74. The van der Waals surface area contributed by atoms with Crippen molar-refractivity contribution in [2.45, 2.75) is 20.8 Å². The summed E-state index contributed by atoms with van der Waals surface area (Å²) in [6.45, 7) is 8.17. The molecular weight excluding hydrogens is 319 g/mol. The molecule has 0 aromatic heterocycles. The topological polar surface area (TPSA) is 32.7 Å². The quantitative estimate of drug-likeness (QED) is 0.743. The lowest BCUT2D eigenvalue weighted by atomic mass is 10.1. The standard InChI is InChI=1S/C17H18Cl2N2O/c1-4-21(5-2)12-6-7-15(11(3)8-12)20-16-9-14(19)17(22)10-13(16)18/h6-10H,4-5H2,1-3H3/b20-16+. The minimum Gasteiger partial charge on any atom is -0.372 e. The zero-order valence-electron chi connectivity index (χ0n) is 12.9. The third-order valence-corrected chi connectivity index (χ3v) is 4.15. The van der Waals surface area contributed by atoms with Crippen LogP contribution in [0.1, 0.15) is 19.4 Å². The number of nitrogens with zero attached hydrogens (tertiary/aromatic N) is 2. The number of carbonyl (C=O) groups is 1. The Balaban J connectivity index is 2.37. The summed E-state index contributed by atoms with van der Waals surface area (Å²) in [4.78, 5) is 18.2. The van der Waals surface area contributed by atoms with Crippen molar-refractivity contribution in [3.05, 3.63) is 46.0 Å². The van der Waals surface area contributed by atoms with E-state index >= 15 is 0 Å². The van der Waals surface area contributed by atoms with E-state index in [9.17, 15) is 4.79 Å². The van der Waals surface area contributed by atoms with Crippen LogP contribution in [-0.4, -0.2) is 24.6 Å². The number of benzene rings is 1. The van der Waals surface area contributed by atoms with Crippen LogP contribution < -0.4 is 4.90 Å². The van der Waals surface area contributed by atoms with Crippen LogP contribution in [0, 0.1) is 6.92 Å². The van der Waals surface area contributed by atoms with Gasteiger partial charge in [0.15, 0.2) is 5.78 Å².